The van der Waals surface area contributed by atoms with Crippen molar-refractivity contribution in [3.8, 4) is 11.8 Å². The van der Waals surface area contributed by atoms with Crippen molar-refractivity contribution in [3.05, 3.63) is 23.8 Å². The van der Waals surface area contributed by atoms with Gasteiger partial charge in [-0.25, -0.2) is 0 Å². The van der Waals surface area contributed by atoms with Crippen molar-refractivity contribution in [3.63, 3.8) is 0 Å². The van der Waals surface area contributed by atoms with Crippen LogP contribution < -0.4 is 15.4 Å². The molecule has 1 aliphatic heterocycles. The molecule has 1 aliphatic rings. The summed E-state index contributed by atoms with van der Waals surface area (Å²) in [7, 11) is 0. The highest BCUT2D eigenvalue weighted by Crippen LogP contribution is 2.34. The first-order valence-corrected chi connectivity index (χ1v) is 5.35. The van der Waals surface area contributed by atoms with Crippen LogP contribution in [-0.4, -0.2) is 18.6 Å². The normalized spacial score (nSPS) is 18.3. The van der Waals surface area contributed by atoms with E-state index in [2.05, 4.69) is 0 Å². The molecule has 0 saturated heterocycles. The van der Waals surface area contributed by atoms with Gasteiger partial charge in [-0.05, 0) is 24.6 Å². The van der Waals surface area contributed by atoms with Crippen molar-refractivity contribution in [1.82, 2.24) is 0 Å². The van der Waals surface area contributed by atoms with Gasteiger partial charge in [0.1, 0.15) is 12.3 Å². The minimum absolute atomic E-state index is 0.0214. The molecular formula is C12H13N3O2. The van der Waals surface area contributed by atoms with Gasteiger partial charge in [0.15, 0.2) is 6.10 Å². The van der Waals surface area contributed by atoms with Gasteiger partial charge in [0.2, 0.25) is 0 Å². The van der Waals surface area contributed by atoms with Gasteiger partial charge in [-0.15, -0.1) is 0 Å². The van der Waals surface area contributed by atoms with Gasteiger partial charge < -0.3 is 10.5 Å². The zero-order chi connectivity index (χ0) is 12.4. The summed E-state index contributed by atoms with van der Waals surface area (Å²) in [6, 6.07) is 7.41. The number of carbonyl (C=O) groups is 1. The Morgan fingerprint density at radius 1 is 1.59 bits per heavy atom. The fourth-order valence-corrected chi connectivity index (χ4v) is 1.81. The van der Waals surface area contributed by atoms with Crippen molar-refractivity contribution < 1.29 is 9.53 Å². The molecule has 5 nitrogen and oxygen atoms in total. The number of nitriles is 1. The maximum atomic E-state index is 11.9. The molecule has 1 aromatic rings. The summed E-state index contributed by atoms with van der Waals surface area (Å²) < 4.78 is 5.48. The maximum absolute atomic E-state index is 11.9. The van der Waals surface area contributed by atoms with E-state index in [1.54, 1.807) is 19.1 Å². The molecule has 0 radical (unpaired) electrons. The van der Waals surface area contributed by atoms with Crippen LogP contribution in [0.15, 0.2) is 18.2 Å². The molecule has 17 heavy (non-hydrogen) atoms. The summed E-state index contributed by atoms with van der Waals surface area (Å²) in [5, 5.41) is 8.77. The number of ether oxygens (including phenoxy) is 1. The predicted octanol–water partition coefficient (Wildman–Crippen LogP) is 0.783. The van der Waals surface area contributed by atoms with Crippen LogP contribution in [0.5, 0.6) is 5.75 Å². The Balaban J connectivity index is 2.48. The second kappa shape index (κ2) is 4.44. The van der Waals surface area contributed by atoms with Crippen LogP contribution in [0.3, 0.4) is 0 Å². The van der Waals surface area contributed by atoms with E-state index in [0.717, 1.165) is 5.56 Å². The Hall–Kier alpha value is -2.06. The number of anilines is 1. The van der Waals surface area contributed by atoms with E-state index in [1.807, 2.05) is 12.1 Å². The van der Waals surface area contributed by atoms with Gasteiger partial charge in [-0.1, -0.05) is 6.07 Å². The topological polar surface area (TPSA) is 79.3 Å². The molecule has 1 aromatic carbocycles. The molecule has 1 heterocycles. The van der Waals surface area contributed by atoms with E-state index in [4.69, 9.17) is 15.7 Å². The van der Waals surface area contributed by atoms with Crippen molar-refractivity contribution in [2.45, 2.75) is 19.6 Å². The van der Waals surface area contributed by atoms with Gasteiger partial charge in [-0.3, -0.25) is 9.69 Å². The van der Waals surface area contributed by atoms with E-state index in [0.29, 0.717) is 18.0 Å². The number of carbonyl (C=O) groups excluding carboxylic acids is 1. The van der Waals surface area contributed by atoms with Gasteiger partial charge in [0.25, 0.3) is 5.91 Å². The van der Waals surface area contributed by atoms with E-state index in [9.17, 15) is 4.79 Å². The summed E-state index contributed by atoms with van der Waals surface area (Å²) in [5.41, 5.74) is 7.08. The van der Waals surface area contributed by atoms with Gasteiger partial charge in [0.05, 0.1) is 11.8 Å². The van der Waals surface area contributed by atoms with Gasteiger partial charge in [0, 0.05) is 6.54 Å². The van der Waals surface area contributed by atoms with Crippen molar-refractivity contribution in [1.29, 1.82) is 5.26 Å². The number of benzene rings is 1. The lowest BCUT2D eigenvalue weighted by molar-refractivity contribution is -0.125. The minimum atomic E-state index is -0.556. The number of hydrogen-bond acceptors (Lipinski definition) is 4. The summed E-state index contributed by atoms with van der Waals surface area (Å²) in [4.78, 5) is 13.3. The summed E-state index contributed by atoms with van der Waals surface area (Å²) >= 11 is 0. The second-order valence-corrected chi connectivity index (χ2v) is 3.85. The molecule has 1 atom stereocenters. The minimum Gasteiger partial charge on any atom is -0.479 e. The second-order valence-electron chi connectivity index (χ2n) is 3.85. The van der Waals surface area contributed by atoms with Crippen molar-refractivity contribution in [2.24, 2.45) is 5.73 Å². The monoisotopic (exact) mass is 231 g/mol. The lowest BCUT2D eigenvalue weighted by Crippen LogP contribution is -2.44. The number of fused-ring (bicyclic) bond motifs is 1. The fourth-order valence-electron chi connectivity index (χ4n) is 1.81. The first-order valence-electron chi connectivity index (χ1n) is 5.35. The van der Waals surface area contributed by atoms with Crippen LogP contribution in [0.2, 0.25) is 0 Å². The standard InChI is InChI=1S/C12H13N3O2/c1-8-12(16)15(5-4-13)10-6-9(7-14)2-3-11(10)17-8/h2-3,6,8H,5,7,14H2,1H3. The average molecular weight is 231 g/mol. The van der Waals surface area contributed by atoms with Crippen molar-refractivity contribution in [2.75, 3.05) is 11.4 Å². The fraction of sp³-hybridized carbons (Fsp3) is 0.333. The molecule has 1 amide bonds. The van der Waals surface area contributed by atoms with E-state index < -0.39 is 6.10 Å². The SMILES string of the molecule is CC1Oc2ccc(CN)cc2N(CC#N)C1=O. The van der Waals surface area contributed by atoms with Crippen molar-refractivity contribution >= 4 is 11.6 Å². The Kier molecular flexibility index (Phi) is 2.98. The third-order valence-electron chi connectivity index (χ3n) is 2.70. The number of nitrogens with two attached hydrogens (primary N) is 1. The highest BCUT2D eigenvalue weighted by Gasteiger charge is 2.31. The maximum Gasteiger partial charge on any atom is 0.268 e. The first-order chi connectivity index (χ1) is 8.17. The van der Waals surface area contributed by atoms with Crippen LogP contribution in [-0.2, 0) is 11.3 Å². The zero-order valence-electron chi connectivity index (χ0n) is 9.51. The molecule has 88 valence electrons. The average Bonchev–Trinajstić information content (AvgIpc) is 2.34. The Labute approximate surface area is 99.4 Å². The van der Waals surface area contributed by atoms with Gasteiger partial charge in [-0.2, -0.15) is 5.26 Å². The van der Waals surface area contributed by atoms with E-state index in [-0.39, 0.29) is 12.5 Å². The van der Waals surface area contributed by atoms with E-state index in [1.165, 1.54) is 4.90 Å². The molecule has 0 saturated carbocycles. The molecular weight excluding hydrogens is 218 g/mol. The molecule has 0 aliphatic carbocycles. The largest absolute Gasteiger partial charge is 0.479 e. The predicted molar refractivity (Wildman–Crippen MR) is 62.4 cm³/mol. The molecule has 1 unspecified atom stereocenters. The lowest BCUT2D eigenvalue weighted by atomic mass is 10.1. The third kappa shape index (κ3) is 1.95. The number of rotatable bonds is 2. The lowest BCUT2D eigenvalue weighted by Gasteiger charge is -2.31. The number of hydrogen-bond donors (Lipinski definition) is 1. The number of amides is 1. The van der Waals surface area contributed by atoms with Crippen LogP contribution in [0.4, 0.5) is 5.69 Å². The quantitative estimate of drug-likeness (QED) is 0.763. The molecule has 2 N–H and O–H groups in total. The third-order valence-corrected chi connectivity index (χ3v) is 2.70. The number of nitrogens with zero attached hydrogens (tertiary/aromatic N) is 2. The highest BCUT2D eigenvalue weighted by atomic mass is 16.5. The Bertz CT molecular complexity index is 493. The van der Waals surface area contributed by atoms with E-state index >= 15 is 0 Å². The van der Waals surface area contributed by atoms with Crippen LogP contribution in [0.1, 0.15) is 12.5 Å². The van der Waals surface area contributed by atoms with Crippen LogP contribution in [0.25, 0.3) is 0 Å². The highest BCUT2D eigenvalue weighted by molar-refractivity contribution is 6.00. The molecule has 5 heteroatoms. The van der Waals surface area contributed by atoms with Crippen LogP contribution >= 0.6 is 0 Å². The zero-order valence-corrected chi connectivity index (χ0v) is 9.51. The molecule has 2 rings (SSSR count). The van der Waals surface area contributed by atoms with Gasteiger partial charge >= 0.3 is 0 Å². The molecule has 0 aromatic heterocycles. The Morgan fingerprint density at radius 3 is 3.00 bits per heavy atom. The molecule has 0 fully saturated rings. The summed E-state index contributed by atoms with van der Waals surface area (Å²) in [6.45, 7) is 2.08. The Morgan fingerprint density at radius 2 is 2.35 bits per heavy atom. The molecule has 0 bridgehead atoms. The smallest absolute Gasteiger partial charge is 0.268 e. The van der Waals surface area contributed by atoms with Crippen LogP contribution in [0, 0.1) is 11.3 Å². The first kappa shape index (κ1) is 11.4. The summed E-state index contributed by atoms with van der Waals surface area (Å²) in [5.74, 6) is 0.415. The molecule has 0 spiro atoms. The summed E-state index contributed by atoms with van der Waals surface area (Å²) in [6.07, 6.45) is -0.556.